The molecule has 2 amide bonds. The molecule has 0 saturated heterocycles. The zero-order valence-corrected chi connectivity index (χ0v) is 18.7. The van der Waals surface area contributed by atoms with Crippen molar-refractivity contribution in [2.24, 2.45) is 0 Å². The van der Waals surface area contributed by atoms with Gasteiger partial charge in [0.05, 0.1) is 38.4 Å². The molecule has 6 nitrogen and oxygen atoms in total. The van der Waals surface area contributed by atoms with Gasteiger partial charge in [0.15, 0.2) is 11.5 Å². The Labute approximate surface area is 193 Å². The van der Waals surface area contributed by atoms with Gasteiger partial charge in [-0.3, -0.25) is 4.90 Å². The highest BCUT2D eigenvalue weighted by Gasteiger charge is 2.25. The van der Waals surface area contributed by atoms with Crippen molar-refractivity contribution in [1.82, 2.24) is 4.90 Å². The molecular formula is C27H26N2O4. The van der Waals surface area contributed by atoms with Crippen LogP contribution in [0.1, 0.15) is 11.3 Å². The van der Waals surface area contributed by atoms with Crippen LogP contribution >= 0.6 is 0 Å². The second-order valence-electron chi connectivity index (χ2n) is 7.41. The van der Waals surface area contributed by atoms with E-state index < -0.39 is 0 Å². The first-order valence-corrected chi connectivity index (χ1v) is 10.6. The minimum Gasteiger partial charge on any atom is -0.493 e. The average Bonchev–Trinajstić information content (AvgIpc) is 3.38. The molecule has 0 aliphatic heterocycles. The van der Waals surface area contributed by atoms with E-state index in [1.807, 2.05) is 91.0 Å². The fourth-order valence-corrected chi connectivity index (χ4v) is 3.65. The molecule has 0 spiro atoms. The third-order valence-electron chi connectivity index (χ3n) is 5.24. The smallest absolute Gasteiger partial charge is 0.329 e. The first-order chi connectivity index (χ1) is 16.2. The Hall–Kier alpha value is -4.19. The highest BCUT2D eigenvalue weighted by atomic mass is 16.5. The number of para-hydroxylation sites is 2. The lowest BCUT2D eigenvalue weighted by Crippen LogP contribution is -2.40. The first-order valence-electron chi connectivity index (χ1n) is 10.6. The number of hydrogen-bond acceptors (Lipinski definition) is 4. The number of furan rings is 1. The molecule has 0 unspecified atom stereocenters. The molecule has 4 rings (SSSR count). The van der Waals surface area contributed by atoms with Crippen molar-refractivity contribution in [3.05, 3.63) is 109 Å². The largest absolute Gasteiger partial charge is 0.493 e. The van der Waals surface area contributed by atoms with Gasteiger partial charge in [0, 0.05) is 6.54 Å². The van der Waals surface area contributed by atoms with Gasteiger partial charge in [-0.05, 0) is 54.1 Å². The van der Waals surface area contributed by atoms with Crippen LogP contribution in [0.3, 0.4) is 0 Å². The summed E-state index contributed by atoms with van der Waals surface area (Å²) in [7, 11) is 3.20. The van der Waals surface area contributed by atoms with Crippen LogP contribution in [0.2, 0.25) is 0 Å². The molecule has 33 heavy (non-hydrogen) atoms. The zero-order valence-electron chi connectivity index (χ0n) is 18.7. The number of anilines is 2. The van der Waals surface area contributed by atoms with E-state index in [2.05, 4.69) is 0 Å². The fourth-order valence-electron chi connectivity index (χ4n) is 3.65. The van der Waals surface area contributed by atoms with Crippen molar-refractivity contribution in [3.63, 3.8) is 0 Å². The highest BCUT2D eigenvalue weighted by Crippen LogP contribution is 2.30. The predicted octanol–water partition coefficient (Wildman–Crippen LogP) is 6.26. The Morgan fingerprint density at radius 1 is 0.758 bits per heavy atom. The summed E-state index contributed by atoms with van der Waals surface area (Å²) in [6, 6.07) is 28.4. The fraction of sp³-hybridized carbons (Fsp3) is 0.148. The SMILES string of the molecule is COc1ccc(CN(Cc2ccco2)C(=O)N(c2ccccc2)c2ccccc2)cc1OC. The molecule has 0 atom stereocenters. The maximum atomic E-state index is 14.0. The second-order valence-corrected chi connectivity index (χ2v) is 7.41. The molecular weight excluding hydrogens is 416 g/mol. The number of methoxy groups -OCH3 is 2. The summed E-state index contributed by atoms with van der Waals surface area (Å²) >= 11 is 0. The van der Waals surface area contributed by atoms with Gasteiger partial charge in [0.1, 0.15) is 5.76 Å². The van der Waals surface area contributed by atoms with E-state index in [1.54, 1.807) is 30.3 Å². The minimum atomic E-state index is -0.168. The summed E-state index contributed by atoms with van der Waals surface area (Å²) < 4.78 is 16.4. The zero-order chi connectivity index (χ0) is 23.0. The van der Waals surface area contributed by atoms with Crippen LogP contribution in [0.4, 0.5) is 16.2 Å². The van der Waals surface area contributed by atoms with Gasteiger partial charge in [0.25, 0.3) is 0 Å². The van der Waals surface area contributed by atoms with Crippen molar-refractivity contribution >= 4 is 17.4 Å². The monoisotopic (exact) mass is 442 g/mol. The molecule has 1 heterocycles. The second kappa shape index (κ2) is 10.4. The summed E-state index contributed by atoms with van der Waals surface area (Å²) in [5.41, 5.74) is 2.48. The minimum absolute atomic E-state index is 0.168. The van der Waals surface area contributed by atoms with E-state index in [4.69, 9.17) is 13.9 Å². The third-order valence-corrected chi connectivity index (χ3v) is 5.24. The number of benzene rings is 3. The number of urea groups is 1. The van der Waals surface area contributed by atoms with Gasteiger partial charge >= 0.3 is 6.03 Å². The molecule has 4 aromatic rings. The topological polar surface area (TPSA) is 55.2 Å². The van der Waals surface area contributed by atoms with Crippen molar-refractivity contribution in [2.45, 2.75) is 13.1 Å². The predicted molar refractivity (Wildman–Crippen MR) is 128 cm³/mol. The lowest BCUT2D eigenvalue weighted by Gasteiger charge is -2.30. The number of ether oxygens (including phenoxy) is 2. The van der Waals surface area contributed by atoms with E-state index >= 15 is 0 Å². The summed E-state index contributed by atoms with van der Waals surface area (Å²) in [6.45, 7) is 0.673. The van der Waals surface area contributed by atoms with Crippen molar-refractivity contribution in [1.29, 1.82) is 0 Å². The normalized spacial score (nSPS) is 10.5. The van der Waals surface area contributed by atoms with Crippen LogP contribution in [-0.4, -0.2) is 25.2 Å². The van der Waals surface area contributed by atoms with E-state index in [9.17, 15) is 4.79 Å². The van der Waals surface area contributed by atoms with Gasteiger partial charge < -0.3 is 18.8 Å². The highest BCUT2D eigenvalue weighted by molar-refractivity contribution is 5.99. The number of hydrogen-bond donors (Lipinski definition) is 0. The maximum absolute atomic E-state index is 14.0. The van der Waals surface area contributed by atoms with E-state index in [1.165, 1.54) is 0 Å². The summed E-state index contributed by atoms with van der Waals surface area (Å²) in [5.74, 6) is 1.95. The molecule has 1 aromatic heterocycles. The van der Waals surface area contributed by atoms with Crippen LogP contribution in [0, 0.1) is 0 Å². The number of rotatable bonds is 8. The number of amides is 2. The van der Waals surface area contributed by atoms with Gasteiger partial charge in [-0.2, -0.15) is 0 Å². The van der Waals surface area contributed by atoms with E-state index in [0.717, 1.165) is 16.9 Å². The Bertz CT molecular complexity index is 1120. The molecule has 0 radical (unpaired) electrons. The molecule has 0 bridgehead atoms. The molecule has 0 N–H and O–H groups in total. The Morgan fingerprint density at radius 3 is 1.94 bits per heavy atom. The van der Waals surface area contributed by atoms with Gasteiger partial charge in [-0.1, -0.05) is 42.5 Å². The van der Waals surface area contributed by atoms with E-state index in [0.29, 0.717) is 30.3 Å². The van der Waals surface area contributed by atoms with Gasteiger partial charge in [-0.15, -0.1) is 0 Å². The molecule has 0 aliphatic carbocycles. The number of nitrogens with zero attached hydrogens (tertiary/aromatic N) is 2. The summed E-state index contributed by atoms with van der Waals surface area (Å²) in [6.07, 6.45) is 1.61. The van der Waals surface area contributed by atoms with Crippen LogP contribution < -0.4 is 14.4 Å². The molecule has 3 aromatic carbocycles. The first kappa shape index (κ1) is 22.0. The molecule has 0 saturated carbocycles. The summed E-state index contributed by atoms with van der Waals surface area (Å²) in [5, 5.41) is 0. The molecule has 0 aliphatic rings. The van der Waals surface area contributed by atoms with Crippen molar-refractivity contribution < 1.29 is 18.7 Å². The van der Waals surface area contributed by atoms with Crippen LogP contribution in [0.5, 0.6) is 11.5 Å². The van der Waals surface area contributed by atoms with Gasteiger partial charge in [0.2, 0.25) is 0 Å². The third kappa shape index (κ3) is 5.18. The molecule has 168 valence electrons. The number of carbonyl (C=O) groups is 1. The Kier molecular flexibility index (Phi) is 6.95. The quantitative estimate of drug-likeness (QED) is 0.323. The van der Waals surface area contributed by atoms with Crippen molar-refractivity contribution in [3.8, 4) is 11.5 Å². The summed E-state index contributed by atoms with van der Waals surface area (Å²) in [4.78, 5) is 17.5. The Balaban J connectivity index is 1.71. The van der Waals surface area contributed by atoms with Crippen molar-refractivity contribution in [2.75, 3.05) is 19.1 Å². The maximum Gasteiger partial charge on any atom is 0.329 e. The molecule has 6 heteroatoms. The lowest BCUT2D eigenvalue weighted by atomic mass is 10.1. The van der Waals surface area contributed by atoms with Crippen LogP contribution in [0.15, 0.2) is 102 Å². The standard InChI is InChI=1S/C27H26N2O4/c1-31-25-16-15-21(18-26(25)32-2)19-28(20-24-14-9-17-33-24)27(30)29(22-10-5-3-6-11-22)23-12-7-4-8-13-23/h3-18H,19-20H2,1-2H3. The number of carbonyl (C=O) groups excluding carboxylic acids is 1. The lowest BCUT2D eigenvalue weighted by molar-refractivity contribution is 0.196. The molecule has 0 fully saturated rings. The van der Waals surface area contributed by atoms with Gasteiger partial charge in [-0.25, -0.2) is 4.79 Å². The average molecular weight is 443 g/mol. The van der Waals surface area contributed by atoms with Crippen LogP contribution in [-0.2, 0) is 13.1 Å². The van der Waals surface area contributed by atoms with Crippen LogP contribution in [0.25, 0.3) is 0 Å². The van der Waals surface area contributed by atoms with E-state index in [-0.39, 0.29) is 6.03 Å². The Morgan fingerprint density at radius 2 is 1.39 bits per heavy atom.